The van der Waals surface area contributed by atoms with Gasteiger partial charge in [0.15, 0.2) is 17.2 Å². The summed E-state index contributed by atoms with van der Waals surface area (Å²) in [5.74, 6) is 1.78. The maximum atomic E-state index is 11.7. The topological polar surface area (TPSA) is 82.8 Å². The molecule has 0 saturated heterocycles. The Labute approximate surface area is 125 Å². The van der Waals surface area contributed by atoms with Crippen molar-refractivity contribution >= 4 is 22.4 Å². The van der Waals surface area contributed by atoms with Crippen LogP contribution in [-0.2, 0) is 6.54 Å². The molecule has 0 saturated carbocycles. The number of carbonyl (C=O) groups is 1. The predicted octanol–water partition coefficient (Wildman–Crippen LogP) is 2.66. The van der Waals surface area contributed by atoms with E-state index in [9.17, 15) is 4.79 Å². The SMILES string of the molecule is Cc1cc(OC(=O)NCc2ccc3c(c2)OCO3)c(N)s1. The quantitative estimate of drug-likeness (QED) is 0.911. The van der Waals surface area contributed by atoms with Crippen molar-refractivity contribution < 1.29 is 19.0 Å². The van der Waals surface area contributed by atoms with Crippen molar-refractivity contribution in [1.29, 1.82) is 0 Å². The minimum atomic E-state index is -0.544. The Morgan fingerprint density at radius 2 is 2.19 bits per heavy atom. The average molecular weight is 306 g/mol. The van der Waals surface area contributed by atoms with Gasteiger partial charge in [-0.15, -0.1) is 11.3 Å². The summed E-state index contributed by atoms with van der Waals surface area (Å²) in [5.41, 5.74) is 6.64. The summed E-state index contributed by atoms with van der Waals surface area (Å²) in [5, 5.41) is 3.16. The van der Waals surface area contributed by atoms with Gasteiger partial charge in [-0.25, -0.2) is 4.79 Å². The molecular weight excluding hydrogens is 292 g/mol. The van der Waals surface area contributed by atoms with Gasteiger partial charge in [0.2, 0.25) is 6.79 Å². The van der Waals surface area contributed by atoms with Gasteiger partial charge in [0.1, 0.15) is 5.00 Å². The summed E-state index contributed by atoms with van der Waals surface area (Å²) in [4.78, 5) is 12.7. The number of nitrogens with one attached hydrogen (secondary N) is 1. The number of nitrogen functional groups attached to an aromatic ring is 1. The molecule has 1 aromatic heterocycles. The smallest absolute Gasteiger partial charge is 0.412 e. The second kappa shape index (κ2) is 5.53. The highest BCUT2D eigenvalue weighted by molar-refractivity contribution is 7.16. The number of ether oxygens (including phenoxy) is 3. The highest BCUT2D eigenvalue weighted by atomic mass is 32.1. The Hall–Kier alpha value is -2.41. The third-order valence-electron chi connectivity index (χ3n) is 2.92. The van der Waals surface area contributed by atoms with Gasteiger partial charge in [-0.2, -0.15) is 0 Å². The molecule has 1 aromatic carbocycles. The van der Waals surface area contributed by atoms with E-state index in [-0.39, 0.29) is 6.79 Å². The van der Waals surface area contributed by atoms with Gasteiger partial charge < -0.3 is 25.3 Å². The molecule has 1 aliphatic rings. The van der Waals surface area contributed by atoms with Crippen LogP contribution in [0.5, 0.6) is 17.2 Å². The number of aryl methyl sites for hydroxylation is 1. The molecule has 3 N–H and O–H groups in total. The van der Waals surface area contributed by atoms with Crippen LogP contribution in [0.4, 0.5) is 9.80 Å². The molecule has 7 heteroatoms. The lowest BCUT2D eigenvalue weighted by Gasteiger charge is -2.06. The first-order valence-electron chi connectivity index (χ1n) is 6.32. The van der Waals surface area contributed by atoms with Crippen molar-refractivity contribution in [2.75, 3.05) is 12.5 Å². The molecule has 0 spiro atoms. The number of amides is 1. The molecule has 1 amide bonds. The minimum absolute atomic E-state index is 0.227. The Bertz CT molecular complexity index is 684. The van der Waals surface area contributed by atoms with Crippen LogP contribution in [0.1, 0.15) is 10.4 Å². The zero-order valence-electron chi connectivity index (χ0n) is 11.3. The van der Waals surface area contributed by atoms with Crippen LogP contribution in [0.3, 0.4) is 0 Å². The summed E-state index contributed by atoms with van der Waals surface area (Å²) >= 11 is 1.38. The Balaban J connectivity index is 1.57. The maximum absolute atomic E-state index is 11.7. The zero-order valence-corrected chi connectivity index (χ0v) is 12.2. The number of thiophene rings is 1. The average Bonchev–Trinajstić information content (AvgIpc) is 3.02. The van der Waals surface area contributed by atoms with Gasteiger partial charge in [0, 0.05) is 11.4 Å². The molecule has 0 radical (unpaired) electrons. The second-order valence-corrected chi connectivity index (χ2v) is 5.80. The molecule has 110 valence electrons. The van der Waals surface area contributed by atoms with Gasteiger partial charge in [-0.1, -0.05) is 6.07 Å². The molecule has 2 aromatic rings. The lowest BCUT2D eigenvalue weighted by molar-refractivity contribution is 0.174. The third-order valence-corrected chi connectivity index (χ3v) is 3.79. The first kappa shape index (κ1) is 13.6. The van der Waals surface area contributed by atoms with E-state index < -0.39 is 6.09 Å². The van der Waals surface area contributed by atoms with E-state index in [1.807, 2.05) is 25.1 Å². The summed E-state index contributed by atoms with van der Waals surface area (Å²) in [6, 6.07) is 7.23. The number of nitrogens with two attached hydrogens (primary N) is 1. The van der Waals surface area contributed by atoms with Crippen molar-refractivity contribution in [2.45, 2.75) is 13.5 Å². The van der Waals surface area contributed by atoms with E-state index in [4.69, 9.17) is 19.9 Å². The molecule has 6 nitrogen and oxygen atoms in total. The summed E-state index contributed by atoms with van der Waals surface area (Å²) in [6.07, 6.45) is -0.544. The summed E-state index contributed by atoms with van der Waals surface area (Å²) in [7, 11) is 0. The first-order chi connectivity index (χ1) is 10.1. The molecule has 0 atom stereocenters. The molecule has 0 bridgehead atoms. The molecule has 21 heavy (non-hydrogen) atoms. The fourth-order valence-corrected chi connectivity index (χ4v) is 2.66. The summed E-state index contributed by atoms with van der Waals surface area (Å²) in [6.45, 7) is 2.46. The zero-order chi connectivity index (χ0) is 14.8. The van der Waals surface area contributed by atoms with Crippen molar-refractivity contribution in [2.24, 2.45) is 0 Å². The molecule has 0 fully saturated rings. The fourth-order valence-electron chi connectivity index (χ4n) is 1.95. The number of carbonyl (C=O) groups excluding carboxylic acids is 1. The number of hydrogen-bond donors (Lipinski definition) is 2. The maximum Gasteiger partial charge on any atom is 0.412 e. The van der Waals surface area contributed by atoms with Crippen LogP contribution in [0.25, 0.3) is 0 Å². The van der Waals surface area contributed by atoms with Crippen molar-refractivity contribution in [3.8, 4) is 17.2 Å². The number of anilines is 1. The van der Waals surface area contributed by atoms with Gasteiger partial charge in [0.05, 0.1) is 0 Å². The number of hydrogen-bond acceptors (Lipinski definition) is 6. The Morgan fingerprint density at radius 1 is 1.38 bits per heavy atom. The normalized spacial score (nSPS) is 12.2. The van der Waals surface area contributed by atoms with Crippen LogP contribution in [0, 0.1) is 6.92 Å². The van der Waals surface area contributed by atoms with E-state index in [1.165, 1.54) is 11.3 Å². The van der Waals surface area contributed by atoms with Crippen LogP contribution in [-0.4, -0.2) is 12.9 Å². The lowest BCUT2D eigenvalue weighted by atomic mass is 10.2. The van der Waals surface area contributed by atoms with Gasteiger partial charge in [0.25, 0.3) is 0 Å². The molecular formula is C14H14N2O4S. The van der Waals surface area contributed by atoms with Gasteiger partial charge in [-0.3, -0.25) is 0 Å². The van der Waals surface area contributed by atoms with Gasteiger partial charge in [-0.05, 0) is 30.7 Å². The number of benzene rings is 1. The minimum Gasteiger partial charge on any atom is -0.454 e. The van der Waals surface area contributed by atoms with Crippen molar-refractivity contribution in [3.05, 3.63) is 34.7 Å². The monoisotopic (exact) mass is 306 g/mol. The first-order valence-corrected chi connectivity index (χ1v) is 7.13. The highest BCUT2D eigenvalue weighted by Gasteiger charge is 2.14. The van der Waals surface area contributed by atoms with Gasteiger partial charge >= 0.3 is 6.09 Å². The molecule has 0 aliphatic carbocycles. The largest absolute Gasteiger partial charge is 0.454 e. The van der Waals surface area contributed by atoms with Crippen LogP contribution in [0.15, 0.2) is 24.3 Å². The van der Waals surface area contributed by atoms with Crippen molar-refractivity contribution in [3.63, 3.8) is 0 Å². The van der Waals surface area contributed by atoms with Crippen LogP contribution < -0.4 is 25.3 Å². The number of rotatable bonds is 3. The van der Waals surface area contributed by atoms with E-state index in [1.54, 1.807) is 6.07 Å². The lowest BCUT2D eigenvalue weighted by Crippen LogP contribution is -2.26. The van der Waals surface area contributed by atoms with E-state index >= 15 is 0 Å². The third kappa shape index (κ3) is 3.03. The summed E-state index contributed by atoms with van der Waals surface area (Å²) < 4.78 is 15.7. The standard InChI is InChI=1S/C14H14N2O4S/c1-8-4-12(13(15)21-8)20-14(17)16-6-9-2-3-10-11(5-9)19-7-18-10/h2-5H,6-7,15H2,1H3,(H,16,17). The second-order valence-electron chi connectivity index (χ2n) is 4.52. The Morgan fingerprint density at radius 3 is 2.95 bits per heavy atom. The fraction of sp³-hybridized carbons (Fsp3) is 0.214. The van der Waals surface area contributed by atoms with Crippen LogP contribution >= 0.6 is 11.3 Å². The number of fused-ring (bicyclic) bond motifs is 1. The van der Waals surface area contributed by atoms with E-state index in [0.29, 0.717) is 28.8 Å². The Kier molecular flexibility index (Phi) is 3.57. The van der Waals surface area contributed by atoms with Crippen LogP contribution in [0.2, 0.25) is 0 Å². The predicted molar refractivity (Wildman–Crippen MR) is 78.9 cm³/mol. The molecule has 0 unspecified atom stereocenters. The molecule has 2 heterocycles. The van der Waals surface area contributed by atoms with E-state index in [0.717, 1.165) is 10.4 Å². The molecule has 3 rings (SSSR count). The van der Waals surface area contributed by atoms with E-state index in [2.05, 4.69) is 5.32 Å². The van der Waals surface area contributed by atoms with Crippen molar-refractivity contribution in [1.82, 2.24) is 5.32 Å². The highest BCUT2D eigenvalue weighted by Crippen LogP contribution is 2.33. The molecule has 1 aliphatic heterocycles.